The summed E-state index contributed by atoms with van der Waals surface area (Å²) in [6, 6.07) is 8.03. The van der Waals surface area contributed by atoms with Gasteiger partial charge in [-0.15, -0.1) is 0 Å². The average Bonchev–Trinajstić information content (AvgIpc) is 2.21. The second-order valence-electron chi connectivity index (χ2n) is 2.90. The van der Waals surface area contributed by atoms with Gasteiger partial charge in [0, 0.05) is 0 Å². The summed E-state index contributed by atoms with van der Waals surface area (Å²) in [5.74, 6) is 5.17. The summed E-state index contributed by atoms with van der Waals surface area (Å²) in [6.45, 7) is 5.73. The van der Waals surface area contributed by atoms with E-state index in [9.17, 15) is 0 Å². The Hall–Kier alpha value is -1.12. The molecule has 0 fully saturated rings. The van der Waals surface area contributed by atoms with Gasteiger partial charge >= 0.3 is 0 Å². The summed E-state index contributed by atoms with van der Waals surface area (Å²) in [7, 11) is 0. The molecular formula is C11H15NO. The summed E-state index contributed by atoms with van der Waals surface area (Å²) in [4.78, 5) is 4.83. The zero-order valence-electron chi connectivity index (χ0n) is 7.86. The highest BCUT2D eigenvalue weighted by Crippen LogP contribution is 2.19. The lowest BCUT2D eigenvalue weighted by molar-refractivity contribution is 0.0500. The predicted octanol–water partition coefficient (Wildman–Crippen LogP) is 2.67. The lowest BCUT2D eigenvalue weighted by Crippen LogP contribution is -2.07. The summed E-state index contributed by atoms with van der Waals surface area (Å²) < 4.78 is 0. The van der Waals surface area contributed by atoms with Gasteiger partial charge in [0.25, 0.3) is 0 Å². The fourth-order valence-electron chi connectivity index (χ4n) is 1.26. The zero-order valence-corrected chi connectivity index (χ0v) is 7.86. The van der Waals surface area contributed by atoms with Gasteiger partial charge in [-0.3, -0.25) is 4.84 Å². The number of nitrogens with two attached hydrogens (primary N) is 1. The molecule has 0 aromatic heterocycles. The lowest BCUT2D eigenvalue weighted by atomic mass is 10.1. The maximum Gasteiger partial charge on any atom is 0.103 e. The highest BCUT2D eigenvalue weighted by atomic mass is 16.6. The molecule has 1 unspecified atom stereocenters. The molecule has 0 heterocycles. The minimum absolute atomic E-state index is 0.00105. The Bertz CT molecular complexity index is 262. The molecule has 0 saturated heterocycles. The first kappa shape index (κ1) is 9.96. The van der Waals surface area contributed by atoms with Crippen molar-refractivity contribution in [3.63, 3.8) is 0 Å². The van der Waals surface area contributed by atoms with E-state index in [0.717, 1.165) is 17.5 Å². The molecule has 1 aromatic carbocycles. The SMILES string of the molecule is C=Cc1ccc(C(CC)ON)cc1. The van der Waals surface area contributed by atoms with Crippen LogP contribution in [0.1, 0.15) is 30.6 Å². The number of hydrogen-bond acceptors (Lipinski definition) is 2. The highest BCUT2D eigenvalue weighted by Gasteiger charge is 2.06. The second kappa shape index (κ2) is 4.80. The molecular weight excluding hydrogens is 162 g/mol. The van der Waals surface area contributed by atoms with Crippen molar-refractivity contribution in [2.24, 2.45) is 5.90 Å². The maximum atomic E-state index is 5.17. The van der Waals surface area contributed by atoms with Crippen molar-refractivity contribution in [1.29, 1.82) is 0 Å². The Morgan fingerprint density at radius 2 is 2.08 bits per heavy atom. The van der Waals surface area contributed by atoms with Crippen LogP contribution in [-0.4, -0.2) is 0 Å². The minimum atomic E-state index is -0.00105. The van der Waals surface area contributed by atoms with Crippen LogP contribution >= 0.6 is 0 Å². The molecule has 0 spiro atoms. The summed E-state index contributed by atoms with van der Waals surface area (Å²) >= 11 is 0. The van der Waals surface area contributed by atoms with E-state index in [0.29, 0.717) is 0 Å². The largest absolute Gasteiger partial charge is 0.297 e. The van der Waals surface area contributed by atoms with E-state index < -0.39 is 0 Å². The van der Waals surface area contributed by atoms with Gasteiger partial charge in [-0.25, -0.2) is 5.90 Å². The van der Waals surface area contributed by atoms with Crippen LogP contribution in [0.15, 0.2) is 30.8 Å². The zero-order chi connectivity index (χ0) is 9.68. The van der Waals surface area contributed by atoms with Gasteiger partial charge in [-0.2, -0.15) is 0 Å². The fraction of sp³-hybridized carbons (Fsp3) is 0.273. The number of hydrogen-bond donors (Lipinski definition) is 1. The van der Waals surface area contributed by atoms with E-state index in [1.54, 1.807) is 0 Å². The van der Waals surface area contributed by atoms with Crippen LogP contribution < -0.4 is 5.90 Å². The Morgan fingerprint density at radius 1 is 1.46 bits per heavy atom. The van der Waals surface area contributed by atoms with Crippen LogP contribution in [0.5, 0.6) is 0 Å². The van der Waals surface area contributed by atoms with Gasteiger partial charge in [-0.05, 0) is 17.5 Å². The maximum absolute atomic E-state index is 5.17. The minimum Gasteiger partial charge on any atom is -0.297 e. The summed E-state index contributed by atoms with van der Waals surface area (Å²) in [5, 5.41) is 0. The topological polar surface area (TPSA) is 35.2 Å². The van der Waals surface area contributed by atoms with Crippen molar-refractivity contribution in [3.8, 4) is 0 Å². The summed E-state index contributed by atoms with van der Waals surface area (Å²) in [6.07, 6.45) is 2.69. The third-order valence-electron chi connectivity index (χ3n) is 2.08. The molecule has 0 radical (unpaired) electrons. The van der Waals surface area contributed by atoms with Gasteiger partial charge in [0.05, 0.1) is 0 Å². The highest BCUT2D eigenvalue weighted by molar-refractivity contribution is 5.47. The van der Waals surface area contributed by atoms with Gasteiger partial charge < -0.3 is 0 Å². The normalized spacial score (nSPS) is 12.5. The molecule has 0 bridgehead atoms. The van der Waals surface area contributed by atoms with E-state index in [-0.39, 0.29) is 6.10 Å². The molecule has 1 rings (SSSR count). The van der Waals surface area contributed by atoms with Crippen LogP contribution in [0, 0.1) is 0 Å². The first-order chi connectivity index (χ1) is 6.31. The van der Waals surface area contributed by atoms with Crippen molar-refractivity contribution in [2.45, 2.75) is 19.4 Å². The Balaban J connectivity index is 2.83. The monoisotopic (exact) mass is 177 g/mol. The van der Waals surface area contributed by atoms with Crippen molar-refractivity contribution in [2.75, 3.05) is 0 Å². The van der Waals surface area contributed by atoms with Crippen LogP contribution in [0.4, 0.5) is 0 Å². The fourth-order valence-corrected chi connectivity index (χ4v) is 1.26. The second-order valence-corrected chi connectivity index (χ2v) is 2.90. The molecule has 0 amide bonds. The Labute approximate surface area is 79.0 Å². The van der Waals surface area contributed by atoms with Gasteiger partial charge in [0.2, 0.25) is 0 Å². The molecule has 0 aliphatic heterocycles. The molecule has 0 saturated carbocycles. The van der Waals surface area contributed by atoms with Gasteiger partial charge in [0.1, 0.15) is 6.10 Å². The number of benzene rings is 1. The Kier molecular flexibility index (Phi) is 3.68. The molecule has 2 N–H and O–H groups in total. The quantitative estimate of drug-likeness (QED) is 0.717. The third kappa shape index (κ3) is 2.41. The molecule has 0 aliphatic rings. The molecule has 70 valence electrons. The first-order valence-corrected chi connectivity index (χ1v) is 4.39. The van der Waals surface area contributed by atoms with Crippen LogP contribution in [0.25, 0.3) is 6.08 Å². The number of rotatable bonds is 4. The predicted molar refractivity (Wildman–Crippen MR) is 54.8 cm³/mol. The van der Waals surface area contributed by atoms with Crippen LogP contribution in [0.3, 0.4) is 0 Å². The molecule has 13 heavy (non-hydrogen) atoms. The molecule has 2 heteroatoms. The standard InChI is InChI=1S/C11H15NO/c1-3-9-5-7-10(8-6-9)11(4-2)13-12/h3,5-8,11H,1,4,12H2,2H3. The van der Waals surface area contributed by atoms with Crippen LogP contribution in [-0.2, 0) is 4.84 Å². The van der Waals surface area contributed by atoms with Crippen molar-refractivity contribution >= 4 is 6.08 Å². The average molecular weight is 177 g/mol. The van der Waals surface area contributed by atoms with E-state index in [4.69, 9.17) is 10.7 Å². The van der Waals surface area contributed by atoms with Gasteiger partial charge in [-0.1, -0.05) is 43.8 Å². The van der Waals surface area contributed by atoms with Crippen molar-refractivity contribution < 1.29 is 4.84 Å². The molecule has 2 nitrogen and oxygen atoms in total. The molecule has 1 atom stereocenters. The van der Waals surface area contributed by atoms with Crippen LogP contribution in [0.2, 0.25) is 0 Å². The third-order valence-corrected chi connectivity index (χ3v) is 2.08. The van der Waals surface area contributed by atoms with E-state index in [2.05, 4.69) is 6.58 Å². The first-order valence-electron chi connectivity index (χ1n) is 4.39. The smallest absolute Gasteiger partial charge is 0.103 e. The van der Waals surface area contributed by atoms with Gasteiger partial charge in [0.15, 0.2) is 0 Å². The Morgan fingerprint density at radius 3 is 2.46 bits per heavy atom. The van der Waals surface area contributed by atoms with Crippen molar-refractivity contribution in [3.05, 3.63) is 42.0 Å². The lowest BCUT2D eigenvalue weighted by Gasteiger charge is -2.12. The summed E-state index contributed by atoms with van der Waals surface area (Å²) in [5.41, 5.74) is 2.21. The van der Waals surface area contributed by atoms with E-state index in [1.165, 1.54) is 0 Å². The van der Waals surface area contributed by atoms with E-state index >= 15 is 0 Å². The van der Waals surface area contributed by atoms with Crippen molar-refractivity contribution in [1.82, 2.24) is 0 Å². The molecule has 0 aliphatic carbocycles. The van der Waals surface area contributed by atoms with E-state index in [1.807, 2.05) is 37.3 Å². The molecule has 1 aromatic rings.